The van der Waals surface area contributed by atoms with Crippen LogP contribution in [0, 0.1) is 20.2 Å². The van der Waals surface area contributed by atoms with Gasteiger partial charge in [0.25, 0.3) is 11.4 Å². The Labute approximate surface area is 399 Å². The number of aliphatic hydroxyl groups is 1. The highest BCUT2D eigenvalue weighted by molar-refractivity contribution is 6.27. The highest BCUT2D eigenvalue weighted by Crippen LogP contribution is 2.40. The van der Waals surface area contributed by atoms with Gasteiger partial charge in [-0.2, -0.15) is 0 Å². The number of carbonyl (C=O) groups excluding carboxylic acids is 6. The van der Waals surface area contributed by atoms with Crippen LogP contribution in [0.25, 0.3) is 0 Å². The minimum atomic E-state index is -1.16. The number of halogens is 1. The molecule has 68 heavy (non-hydrogen) atoms. The van der Waals surface area contributed by atoms with Crippen LogP contribution in [-0.4, -0.2) is 143 Å². The molecule has 0 aliphatic carbocycles. The zero-order chi connectivity index (χ0) is 51.3. The number of nitro groups is 2. The topological polar surface area (TPSA) is 292 Å². The fourth-order valence-electron chi connectivity index (χ4n) is 6.31. The van der Waals surface area contributed by atoms with Gasteiger partial charge in [-0.1, -0.05) is 0 Å². The zero-order valence-corrected chi connectivity index (χ0v) is 40.6. The molecule has 0 spiro atoms. The molecule has 2 N–H and O–H groups in total. The normalized spacial score (nSPS) is 11.3. The monoisotopic (exact) mass is 985 g/mol. The number of esters is 2. The molecule has 0 aliphatic rings. The Morgan fingerprint density at radius 3 is 1.47 bits per heavy atom. The van der Waals surface area contributed by atoms with E-state index in [1.165, 1.54) is 76.7 Å². The van der Waals surface area contributed by atoms with Crippen LogP contribution in [0.3, 0.4) is 0 Å². The summed E-state index contributed by atoms with van der Waals surface area (Å²) in [4.78, 5) is 95.7. The fourth-order valence-corrected chi connectivity index (χ4v) is 6.44. The summed E-state index contributed by atoms with van der Waals surface area (Å²) in [6, 6.07) is 5.11. The van der Waals surface area contributed by atoms with Gasteiger partial charge in [-0.25, -0.2) is 4.79 Å². The molecule has 2 rings (SSSR count). The van der Waals surface area contributed by atoms with Crippen LogP contribution in [0.5, 0.6) is 23.0 Å². The molecule has 0 heterocycles. The average Bonchev–Trinajstić information content (AvgIpc) is 3.34. The number of carbonyl (C=O) groups is 6. The lowest BCUT2D eigenvalue weighted by atomic mass is 10.0. The van der Waals surface area contributed by atoms with Crippen LogP contribution in [0.4, 0.5) is 16.2 Å². The number of nitrogens with one attached hydrogen (secondary N) is 1. The number of ketones is 1. The third kappa shape index (κ3) is 21.0. The van der Waals surface area contributed by atoms with Gasteiger partial charge in [0.1, 0.15) is 11.9 Å². The maximum absolute atomic E-state index is 12.5. The first-order valence-corrected chi connectivity index (χ1v) is 22.0. The van der Waals surface area contributed by atoms with E-state index in [4.69, 9.17) is 35.3 Å². The van der Waals surface area contributed by atoms with Crippen LogP contribution in [0.1, 0.15) is 100 Å². The number of benzene rings is 2. The van der Waals surface area contributed by atoms with Crippen LogP contribution in [0.15, 0.2) is 24.3 Å². The minimum absolute atomic E-state index is 0.0406. The van der Waals surface area contributed by atoms with Gasteiger partial charge < -0.3 is 53.4 Å². The number of unbranched alkanes of at least 4 members (excludes halogenated alkanes) is 2. The average molecular weight is 986 g/mol. The number of amides is 3. The molecule has 0 aromatic heterocycles. The highest BCUT2D eigenvalue weighted by Gasteiger charge is 2.30. The first-order chi connectivity index (χ1) is 32.3. The summed E-state index contributed by atoms with van der Waals surface area (Å²) in [7, 11) is 11.2. The van der Waals surface area contributed by atoms with Gasteiger partial charge in [-0.3, -0.25) is 44.2 Å². The first-order valence-electron chi connectivity index (χ1n) is 21.4. The Balaban J connectivity index is 0.000000710. The van der Waals surface area contributed by atoms with Gasteiger partial charge in [-0.15, -0.1) is 11.6 Å². The standard InChI is InChI=1S/C25H36ClN3O10.C19H28N2O8/c1-28(23(31)9-5-6-10-24(32)38-4)13-11-20(39-25(33)27-12-7-8-17(30)16-26)18-14-21(36-2)22(37-3)15-19(18)29(34)35;1-20(18(23)7-5-6-8-19(24)29-4)10-9-15(22)13-11-16(27-2)17(28-3)12-14(13)21(25)26/h14-15,20H,5-13,16H2,1-4H3,(H,27,33);11-12,15,22H,5-10H2,1-4H3. The van der Waals surface area contributed by atoms with Crippen LogP contribution < -0.4 is 24.3 Å². The van der Waals surface area contributed by atoms with Crippen molar-refractivity contribution in [1.29, 1.82) is 0 Å². The van der Waals surface area contributed by atoms with Crippen molar-refractivity contribution in [1.82, 2.24) is 15.1 Å². The summed E-state index contributed by atoms with van der Waals surface area (Å²) < 4.78 is 35.3. The predicted molar refractivity (Wildman–Crippen MR) is 245 cm³/mol. The number of ether oxygens (including phenoxy) is 7. The van der Waals surface area contributed by atoms with E-state index in [0.717, 1.165) is 0 Å². The van der Waals surface area contributed by atoms with Crippen molar-refractivity contribution in [3.63, 3.8) is 0 Å². The number of Topliss-reactive ketones (excluding diaryl/α,β-unsaturated/α-hetero) is 1. The highest BCUT2D eigenvalue weighted by atomic mass is 35.5. The van der Waals surface area contributed by atoms with E-state index in [1.54, 1.807) is 14.1 Å². The first kappa shape index (κ1) is 59.5. The Bertz CT molecular complexity index is 2000. The van der Waals surface area contributed by atoms with Crippen molar-refractivity contribution in [2.75, 3.05) is 82.3 Å². The molecule has 0 fully saturated rings. The van der Waals surface area contributed by atoms with Gasteiger partial charge in [0, 0.05) is 72.3 Å². The lowest BCUT2D eigenvalue weighted by Crippen LogP contribution is -2.31. The second kappa shape index (κ2) is 32.3. The van der Waals surface area contributed by atoms with E-state index in [-0.39, 0.29) is 145 Å². The quantitative estimate of drug-likeness (QED) is 0.0234. The number of methoxy groups -OCH3 is 6. The minimum Gasteiger partial charge on any atom is -0.493 e. The lowest BCUT2D eigenvalue weighted by Gasteiger charge is -2.23. The van der Waals surface area contributed by atoms with E-state index >= 15 is 0 Å². The Kier molecular flexibility index (Phi) is 28.2. The number of hydrogen-bond donors (Lipinski definition) is 2. The van der Waals surface area contributed by atoms with E-state index in [2.05, 4.69) is 14.8 Å². The third-order valence-corrected chi connectivity index (χ3v) is 10.6. The van der Waals surface area contributed by atoms with Crippen molar-refractivity contribution < 1.29 is 76.9 Å². The maximum Gasteiger partial charge on any atom is 0.407 e. The fraction of sp³-hybridized carbons (Fsp3) is 0.591. The summed E-state index contributed by atoms with van der Waals surface area (Å²) in [5, 5.41) is 36.2. The number of nitro benzene ring substituents is 2. The van der Waals surface area contributed by atoms with E-state index in [0.29, 0.717) is 32.1 Å². The number of aliphatic hydroxyl groups excluding tert-OH is 1. The SMILES string of the molecule is COC(=O)CCCCC(=O)N(C)CCC(O)c1cc(OC)c(OC)cc1[N+](=O)[O-].COC(=O)CCCCC(=O)N(C)CCC(OC(=O)NCCCC(=O)CCl)c1cc(OC)c(OC)cc1[N+](=O)[O-]. The molecule has 23 nitrogen and oxygen atoms in total. The molecule has 2 aromatic carbocycles. The van der Waals surface area contributed by atoms with E-state index < -0.39 is 28.1 Å². The molecule has 2 atom stereocenters. The van der Waals surface area contributed by atoms with Gasteiger partial charge in [0.05, 0.1) is 87.7 Å². The van der Waals surface area contributed by atoms with Gasteiger partial charge in [0.2, 0.25) is 11.8 Å². The van der Waals surface area contributed by atoms with Crippen LogP contribution in [-0.2, 0) is 38.2 Å². The molecule has 3 amide bonds. The van der Waals surface area contributed by atoms with Gasteiger partial charge >= 0.3 is 18.0 Å². The second-order valence-electron chi connectivity index (χ2n) is 14.9. The third-order valence-electron chi connectivity index (χ3n) is 10.3. The summed E-state index contributed by atoms with van der Waals surface area (Å²) >= 11 is 5.47. The summed E-state index contributed by atoms with van der Waals surface area (Å²) in [5.74, 6) is -0.506. The van der Waals surface area contributed by atoms with E-state index in [9.17, 15) is 54.1 Å². The van der Waals surface area contributed by atoms with Crippen molar-refractivity contribution >= 4 is 58.6 Å². The molecule has 0 saturated heterocycles. The van der Waals surface area contributed by atoms with Crippen molar-refractivity contribution in [3.05, 3.63) is 55.6 Å². The number of alkyl halides is 1. The second-order valence-corrected chi connectivity index (χ2v) is 15.2. The Hall–Kier alpha value is -6.49. The molecule has 0 bridgehead atoms. The Morgan fingerprint density at radius 1 is 0.632 bits per heavy atom. The number of hydrogen-bond acceptors (Lipinski definition) is 18. The molecule has 380 valence electrons. The van der Waals surface area contributed by atoms with Crippen LogP contribution in [0.2, 0.25) is 0 Å². The molecule has 0 saturated carbocycles. The maximum atomic E-state index is 12.5. The largest absolute Gasteiger partial charge is 0.493 e. The Morgan fingerprint density at radius 2 is 1.04 bits per heavy atom. The van der Waals surface area contributed by atoms with Crippen molar-refractivity contribution in [2.45, 2.75) is 89.3 Å². The number of rotatable bonds is 30. The molecule has 2 aromatic rings. The van der Waals surface area contributed by atoms with Gasteiger partial charge in [0.15, 0.2) is 23.0 Å². The summed E-state index contributed by atoms with van der Waals surface area (Å²) in [6.07, 6.45) is 0.534. The number of alkyl carbamates (subject to hydrolysis) is 1. The van der Waals surface area contributed by atoms with Crippen LogP contribution >= 0.6 is 11.6 Å². The molecular formula is C44H64ClN5O18. The zero-order valence-electron chi connectivity index (χ0n) is 39.8. The summed E-state index contributed by atoms with van der Waals surface area (Å²) in [5.41, 5.74) is -0.488. The van der Waals surface area contributed by atoms with Gasteiger partial charge in [-0.05, 0) is 50.7 Å². The number of nitrogens with zero attached hydrogens (tertiary/aromatic N) is 4. The molecule has 2 unspecified atom stereocenters. The summed E-state index contributed by atoms with van der Waals surface area (Å²) in [6.45, 7) is 0.457. The molecule has 24 heteroatoms. The van der Waals surface area contributed by atoms with Crippen molar-refractivity contribution in [2.24, 2.45) is 0 Å². The molecule has 0 aliphatic heterocycles. The smallest absolute Gasteiger partial charge is 0.407 e. The molecule has 0 radical (unpaired) electrons. The van der Waals surface area contributed by atoms with E-state index in [1.807, 2.05) is 0 Å². The van der Waals surface area contributed by atoms with Crippen molar-refractivity contribution in [3.8, 4) is 23.0 Å². The molecular weight excluding hydrogens is 922 g/mol. The predicted octanol–water partition coefficient (Wildman–Crippen LogP) is 5.78. The lowest BCUT2D eigenvalue weighted by molar-refractivity contribution is -0.386.